The zero-order valence-corrected chi connectivity index (χ0v) is 14.7. The van der Waals surface area contributed by atoms with Crippen molar-refractivity contribution in [2.24, 2.45) is 0 Å². The quantitative estimate of drug-likeness (QED) is 0.759. The Bertz CT molecular complexity index is 653. The van der Waals surface area contributed by atoms with Gasteiger partial charge in [-0.1, -0.05) is 11.6 Å². The van der Waals surface area contributed by atoms with Crippen molar-refractivity contribution in [1.82, 2.24) is 29.8 Å². The molecule has 1 atom stereocenters. The van der Waals surface area contributed by atoms with Crippen molar-refractivity contribution in [1.29, 1.82) is 0 Å². The Morgan fingerprint density at radius 2 is 2.12 bits per heavy atom. The summed E-state index contributed by atoms with van der Waals surface area (Å²) in [5.41, 5.74) is 0. The van der Waals surface area contributed by atoms with Crippen LogP contribution in [0.5, 0.6) is 0 Å². The summed E-state index contributed by atoms with van der Waals surface area (Å²) >= 11 is 0. The van der Waals surface area contributed by atoms with Crippen molar-refractivity contribution < 1.29 is 9.26 Å². The molecule has 24 heavy (non-hydrogen) atoms. The average Bonchev–Trinajstić information content (AvgIpc) is 3.13. The summed E-state index contributed by atoms with van der Waals surface area (Å²) in [7, 11) is 1.67. The smallest absolute Gasteiger partial charge is 0.240 e. The second kappa shape index (κ2) is 7.85. The molecule has 3 heterocycles. The minimum absolute atomic E-state index is 0.424. The van der Waals surface area contributed by atoms with E-state index < -0.39 is 0 Å². The summed E-state index contributed by atoms with van der Waals surface area (Å²) < 4.78 is 12.5. The maximum absolute atomic E-state index is 5.40. The first kappa shape index (κ1) is 17.0. The maximum Gasteiger partial charge on any atom is 0.240 e. The van der Waals surface area contributed by atoms with Crippen LogP contribution in [0.1, 0.15) is 42.6 Å². The number of hydrogen-bond acceptors (Lipinski definition) is 7. The van der Waals surface area contributed by atoms with E-state index >= 15 is 0 Å². The average molecular weight is 334 g/mol. The molecule has 132 valence electrons. The van der Waals surface area contributed by atoms with Gasteiger partial charge in [0.05, 0.1) is 19.7 Å². The van der Waals surface area contributed by atoms with Crippen molar-refractivity contribution in [2.75, 3.05) is 20.3 Å². The number of hydrogen-bond donors (Lipinski definition) is 0. The number of piperidine rings is 1. The highest BCUT2D eigenvalue weighted by molar-refractivity contribution is 4.91. The minimum Gasteiger partial charge on any atom is -0.384 e. The molecule has 0 amide bonds. The normalized spacial score (nSPS) is 19.0. The summed E-state index contributed by atoms with van der Waals surface area (Å²) in [6, 6.07) is 0.424. The van der Waals surface area contributed by atoms with Crippen molar-refractivity contribution in [3.05, 3.63) is 23.4 Å². The highest BCUT2D eigenvalue weighted by Gasteiger charge is 2.25. The SMILES string of the molecule is COCCc1noc(CN2CCCC[C@H]2Cn2nc(C)nc2C)n1. The fourth-order valence-electron chi connectivity index (χ4n) is 3.23. The zero-order valence-electron chi connectivity index (χ0n) is 14.7. The number of ether oxygens (including phenoxy) is 1. The van der Waals surface area contributed by atoms with Crippen molar-refractivity contribution in [2.45, 2.75) is 58.7 Å². The Hall–Kier alpha value is -1.80. The van der Waals surface area contributed by atoms with Gasteiger partial charge in [-0.25, -0.2) is 9.67 Å². The topological polar surface area (TPSA) is 82.1 Å². The molecule has 1 fully saturated rings. The summed E-state index contributed by atoms with van der Waals surface area (Å²) in [5.74, 6) is 3.19. The largest absolute Gasteiger partial charge is 0.384 e. The molecule has 0 bridgehead atoms. The molecule has 8 nitrogen and oxygen atoms in total. The molecule has 1 saturated heterocycles. The van der Waals surface area contributed by atoms with Gasteiger partial charge in [0.15, 0.2) is 5.82 Å². The van der Waals surface area contributed by atoms with Crippen LogP contribution in [0.2, 0.25) is 0 Å². The Morgan fingerprint density at radius 1 is 1.25 bits per heavy atom. The second-order valence-corrected chi connectivity index (χ2v) is 6.36. The molecule has 1 aliphatic rings. The predicted octanol–water partition coefficient (Wildman–Crippen LogP) is 1.52. The fourth-order valence-corrected chi connectivity index (χ4v) is 3.23. The lowest BCUT2D eigenvalue weighted by atomic mass is 10.0. The van der Waals surface area contributed by atoms with Gasteiger partial charge in [-0.05, 0) is 33.2 Å². The number of rotatable bonds is 7. The fraction of sp³-hybridized carbons (Fsp3) is 0.750. The predicted molar refractivity (Wildman–Crippen MR) is 87.4 cm³/mol. The zero-order chi connectivity index (χ0) is 16.9. The molecule has 0 N–H and O–H groups in total. The van der Waals surface area contributed by atoms with Gasteiger partial charge in [-0.3, -0.25) is 4.90 Å². The summed E-state index contributed by atoms with van der Waals surface area (Å²) in [6.45, 7) is 7.15. The standard InChI is InChI=1S/C16H26N6O2/c1-12-17-13(2)22(19-12)10-14-6-4-5-8-21(14)11-16-18-15(20-24-16)7-9-23-3/h14H,4-11H2,1-3H3/t14-/m0/s1. The van der Waals surface area contributed by atoms with Crippen LogP contribution in [-0.2, 0) is 24.2 Å². The van der Waals surface area contributed by atoms with Gasteiger partial charge >= 0.3 is 0 Å². The first-order chi connectivity index (χ1) is 11.7. The molecule has 0 aliphatic carbocycles. The Balaban J connectivity index is 1.63. The summed E-state index contributed by atoms with van der Waals surface area (Å²) in [4.78, 5) is 11.3. The molecular weight excluding hydrogens is 308 g/mol. The van der Waals surface area contributed by atoms with E-state index in [2.05, 4.69) is 25.1 Å². The van der Waals surface area contributed by atoms with E-state index in [4.69, 9.17) is 9.26 Å². The van der Waals surface area contributed by atoms with Gasteiger partial charge in [0.1, 0.15) is 11.6 Å². The van der Waals surface area contributed by atoms with E-state index in [0.29, 0.717) is 37.3 Å². The third-order valence-corrected chi connectivity index (χ3v) is 4.47. The number of nitrogens with zero attached hydrogens (tertiary/aromatic N) is 6. The molecule has 0 aromatic carbocycles. The molecule has 3 rings (SSSR count). The first-order valence-electron chi connectivity index (χ1n) is 8.58. The number of aryl methyl sites for hydroxylation is 2. The molecule has 2 aromatic rings. The highest BCUT2D eigenvalue weighted by atomic mass is 16.5. The van der Waals surface area contributed by atoms with Crippen LogP contribution in [0.3, 0.4) is 0 Å². The van der Waals surface area contributed by atoms with E-state index in [1.54, 1.807) is 7.11 Å². The van der Waals surface area contributed by atoms with Crippen LogP contribution in [0.15, 0.2) is 4.52 Å². The molecule has 0 spiro atoms. The van der Waals surface area contributed by atoms with E-state index in [1.165, 1.54) is 12.8 Å². The third kappa shape index (κ3) is 4.18. The minimum atomic E-state index is 0.424. The van der Waals surface area contributed by atoms with Gasteiger partial charge in [-0.15, -0.1) is 0 Å². The van der Waals surface area contributed by atoms with Gasteiger partial charge in [0, 0.05) is 19.6 Å². The van der Waals surface area contributed by atoms with Crippen LogP contribution in [0, 0.1) is 13.8 Å². The molecular formula is C16H26N6O2. The van der Waals surface area contributed by atoms with Crippen molar-refractivity contribution in [3.8, 4) is 0 Å². The van der Waals surface area contributed by atoms with Crippen molar-refractivity contribution >= 4 is 0 Å². The summed E-state index contributed by atoms with van der Waals surface area (Å²) in [5, 5.41) is 8.52. The van der Waals surface area contributed by atoms with Gasteiger partial charge in [0.25, 0.3) is 0 Å². The van der Waals surface area contributed by atoms with Gasteiger partial charge < -0.3 is 9.26 Å². The molecule has 0 saturated carbocycles. The van der Waals surface area contributed by atoms with Crippen LogP contribution >= 0.6 is 0 Å². The first-order valence-corrected chi connectivity index (χ1v) is 8.58. The van der Waals surface area contributed by atoms with E-state index in [-0.39, 0.29) is 0 Å². The molecule has 2 aromatic heterocycles. The second-order valence-electron chi connectivity index (χ2n) is 6.36. The molecule has 0 unspecified atom stereocenters. The van der Waals surface area contributed by atoms with Gasteiger partial charge in [0.2, 0.25) is 5.89 Å². The molecule has 1 aliphatic heterocycles. The lowest BCUT2D eigenvalue weighted by Gasteiger charge is -2.34. The Labute approximate surface area is 142 Å². The van der Waals surface area contributed by atoms with Crippen LogP contribution in [-0.4, -0.2) is 56.1 Å². The van der Waals surface area contributed by atoms with E-state index in [1.807, 2.05) is 18.5 Å². The number of methoxy groups -OCH3 is 1. The van der Waals surface area contributed by atoms with Crippen LogP contribution < -0.4 is 0 Å². The number of likely N-dealkylation sites (tertiary alicyclic amines) is 1. The van der Waals surface area contributed by atoms with Crippen molar-refractivity contribution in [3.63, 3.8) is 0 Å². The van der Waals surface area contributed by atoms with Crippen LogP contribution in [0.4, 0.5) is 0 Å². The lowest BCUT2D eigenvalue weighted by Crippen LogP contribution is -2.42. The summed E-state index contributed by atoms with van der Waals surface area (Å²) in [6.07, 6.45) is 4.29. The lowest BCUT2D eigenvalue weighted by molar-refractivity contribution is 0.107. The number of aromatic nitrogens is 5. The Morgan fingerprint density at radius 3 is 2.88 bits per heavy atom. The van der Waals surface area contributed by atoms with Crippen LogP contribution in [0.25, 0.3) is 0 Å². The third-order valence-electron chi connectivity index (χ3n) is 4.47. The maximum atomic E-state index is 5.40. The van der Waals surface area contributed by atoms with E-state index in [0.717, 1.165) is 31.2 Å². The Kier molecular flexibility index (Phi) is 5.57. The van der Waals surface area contributed by atoms with Gasteiger partial charge in [-0.2, -0.15) is 10.1 Å². The molecule has 0 radical (unpaired) electrons. The monoisotopic (exact) mass is 334 g/mol. The van der Waals surface area contributed by atoms with E-state index in [9.17, 15) is 0 Å². The highest BCUT2D eigenvalue weighted by Crippen LogP contribution is 2.21. The molecule has 8 heteroatoms.